The van der Waals surface area contributed by atoms with Gasteiger partial charge in [0.2, 0.25) is 5.91 Å². The lowest BCUT2D eigenvalue weighted by Crippen LogP contribution is -2.51. The maximum absolute atomic E-state index is 12.5. The van der Waals surface area contributed by atoms with Gasteiger partial charge in [-0.2, -0.15) is 0 Å². The van der Waals surface area contributed by atoms with Gasteiger partial charge in [-0.15, -0.1) is 0 Å². The van der Waals surface area contributed by atoms with Crippen LogP contribution in [0.4, 0.5) is 0 Å². The third kappa shape index (κ3) is 2.99. The zero-order chi connectivity index (χ0) is 14.7. The van der Waals surface area contributed by atoms with Crippen molar-refractivity contribution in [2.75, 3.05) is 6.54 Å². The summed E-state index contributed by atoms with van der Waals surface area (Å²) in [6.45, 7) is 2.68. The molecule has 0 aromatic heterocycles. The molecule has 0 spiro atoms. The van der Waals surface area contributed by atoms with Crippen molar-refractivity contribution >= 4 is 11.8 Å². The number of hydrogen-bond donors (Lipinski definition) is 2. The molecule has 1 aromatic carbocycles. The van der Waals surface area contributed by atoms with Crippen LogP contribution in [-0.4, -0.2) is 35.3 Å². The smallest absolute Gasteiger partial charge is 0.254 e. The molecule has 5 nitrogen and oxygen atoms in total. The fourth-order valence-electron chi connectivity index (χ4n) is 2.70. The van der Waals surface area contributed by atoms with Gasteiger partial charge in [0.25, 0.3) is 5.91 Å². The van der Waals surface area contributed by atoms with Gasteiger partial charge >= 0.3 is 0 Å². The van der Waals surface area contributed by atoms with E-state index in [2.05, 4.69) is 0 Å². The van der Waals surface area contributed by atoms with Crippen LogP contribution in [-0.2, 0) is 0 Å². The summed E-state index contributed by atoms with van der Waals surface area (Å²) in [5, 5.41) is 0. The van der Waals surface area contributed by atoms with E-state index >= 15 is 0 Å². The molecule has 2 atom stereocenters. The van der Waals surface area contributed by atoms with E-state index in [1.54, 1.807) is 24.3 Å². The summed E-state index contributed by atoms with van der Waals surface area (Å²) < 4.78 is 0. The third-order valence-electron chi connectivity index (χ3n) is 3.83. The Morgan fingerprint density at radius 1 is 1.20 bits per heavy atom. The van der Waals surface area contributed by atoms with E-state index in [9.17, 15) is 9.59 Å². The Labute approximate surface area is 118 Å². The van der Waals surface area contributed by atoms with E-state index in [0.29, 0.717) is 11.1 Å². The zero-order valence-corrected chi connectivity index (χ0v) is 11.7. The monoisotopic (exact) mass is 275 g/mol. The SMILES string of the molecule is CC(N)C1CCCCN1C(=O)c1ccc(C(N)=O)cc1. The maximum Gasteiger partial charge on any atom is 0.254 e. The molecule has 1 fully saturated rings. The van der Waals surface area contributed by atoms with Crippen LogP contribution in [0.2, 0.25) is 0 Å². The van der Waals surface area contributed by atoms with E-state index in [0.717, 1.165) is 25.8 Å². The Hall–Kier alpha value is -1.88. The lowest BCUT2D eigenvalue weighted by molar-refractivity contribution is 0.0583. The highest BCUT2D eigenvalue weighted by Gasteiger charge is 2.29. The van der Waals surface area contributed by atoms with Crippen LogP contribution in [0.3, 0.4) is 0 Å². The first-order valence-electron chi connectivity index (χ1n) is 6.97. The third-order valence-corrected chi connectivity index (χ3v) is 3.83. The van der Waals surface area contributed by atoms with E-state index in [1.165, 1.54) is 0 Å². The van der Waals surface area contributed by atoms with E-state index < -0.39 is 5.91 Å². The number of hydrogen-bond acceptors (Lipinski definition) is 3. The lowest BCUT2D eigenvalue weighted by atomic mass is 9.96. The van der Waals surface area contributed by atoms with Crippen molar-refractivity contribution < 1.29 is 9.59 Å². The normalized spacial score (nSPS) is 20.5. The quantitative estimate of drug-likeness (QED) is 0.866. The largest absolute Gasteiger partial charge is 0.366 e. The van der Waals surface area contributed by atoms with Gasteiger partial charge in [0, 0.05) is 29.8 Å². The summed E-state index contributed by atoms with van der Waals surface area (Å²) in [6.07, 6.45) is 3.06. The average molecular weight is 275 g/mol. The Morgan fingerprint density at radius 2 is 1.80 bits per heavy atom. The second-order valence-electron chi connectivity index (χ2n) is 5.36. The highest BCUT2D eigenvalue weighted by atomic mass is 16.2. The summed E-state index contributed by atoms with van der Waals surface area (Å²) in [6, 6.07) is 6.52. The first kappa shape index (κ1) is 14.5. The first-order chi connectivity index (χ1) is 9.50. The molecule has 1 aliphatic heterocycles. The molecule has 0 radical (unpaired) electrons. The van der Waals surface area contributed by atoms with Crippen molar-refractivity contribution in [2.45, 2.75) is 38.3 Å². The van der Waals surface area contributed by atoms with Crippen LogP contribution in [0, 0.1) is 0 Å². The van der Waals surface area contributed by atoms with Gasteiger partial charge in [0.15, 0.2) is 0 Å². The van der Waals surface area contributed by atoms with Gasteiger partial charge in [-0.1, -0.05) is 0 Å². The maximum atomic E-state index is 12.5. The number of primary amides is 1. The summed E-state index contributed by atoms with van der Waals surface area (Å²) in [5.74, 6) is -0.515. The molecule has 2 amide bonds. The summed E-state index contributed by atoms with van der Waals surface area (Å²) in [4.78, 5) is 25.4. The van der Waals surface area contributed by atoms with Crippen molar-refractivity contribution in [3.05, 3.63) is 35.4 Å². The number of benzene rings is 1. The second kappa shape index (κ2) is 6.05. The molecule has 0 saturated carbocycles. The van der Waals surface area contributed by atoms with E-state index in [-0.39, 0.29) is 18.0 Å². The molecule has 5 heteroatoms. The molecule has 20 heavy (non-hydrogen) atoms. The molecule has 2 rings (SSSR count). The molecule has 1 saturated heterocycles. The Balaban J connectivity index is 2.18. The number of nitrogens with zero attached hydrogens (tertiary/aromatic N) is 1. The number of rotatable bonds is 3. The number of piperidine rings is 1. The topological polar surface area (TPSA) is 89.4 Å². The molecule has 0 aliphatic carbocycles. The number of likely N-dealkylation sites (tertiary alicyclic amines) is 1. The van der Waals surface area contributed by atoms with Crippen LogP contribution in [0.25, 0.3) is 0 Å². The highest BCUT2D eigenvalue weighted by molar-refractivity contribution is 5.97. The molecule has 2 unspecified atom stereocenters. The van der Waals surface area contributed by atoms with Gasteiger partial charge < -0.3 is 16.4 Å². The number of nitrogens with two attached hydrogens (primary N) is 2. The minimum atomic E-state index is -0.490. The lowest BCUT2D eigenvalue weighted by Gasteiger charge is -2.38. The minimum Gasteiger partial charge on any atom is -0.366 e. The molecule has 0 bridgehead atoms. The number of carbonyl (C=O) groups excluding carboxylic acids is 2. The second-order valence-corrected chi connectivity index (χ2v) is 5.36. The van der Waals surface area contributed by atoms with Crippen LogP contribution in [0.5, 0.6) is 0 Å². The van der Waals surface area contributed by atoms with Crippen LogP contribution < -0.4 is 11.5 Å². The van der Waals surface area contributed by atoms with Gasteiger partial charge in [0.05, 0.1) is 0 Å². The van der Waals surface area contributed by atoms with Crippen molar-refractivity contribution in [3.63, 3.8) is 0 Å². The van der Waals surface area contributed by atoms with Gasteiger partial charge in [-0.05, 0) is 50.5 Å². The Bertz CT molecular complexity index is 496. The van der Waals surface area contributed by atoms with Crippen molar-refractivity contribution in [1.29, 1.82) is 0 Å². The summed E-state index contributed by atoms with van der Waals surface area (Å²) in [7, 11) is 0. The molecule has 1 heterocycles. The van der Waals surface area contributed by atoms with Crippen LogP contribution in [0.15, 0.2) is 24.3 Å². The predicted molar refractivity (Wildman–Crippen MR) is 77.3 cm³/mol. The molecular formula is C15H21N3O2. The van der Waals surface area contributed by atoms with Gasteiger partial charge in [-0.25, -0.2) is 0 Å². The first-order valence-corrected chi connectivity index (χ1v) is 6.97. The van der Waals surface area contributed by atoms with Crippen LogP contribution in [0.1, 0.15) is 46.9 Å². The van der Waals surface area contributed by atoms with E-state index in [1.807, 2.05) is 11.8 Å². The van der Waals surface area contributed by atoms with Crippen molar-refractivity contribution in [3.8, 4) is 0 Å². The number of carbonyl (C=O) groups is 2. The zero-order valence-electron chi connectivity index (χ0n) is 11.7. The predicted octanol–water partition coefficient (Wildman–Crippen LogP) is 1.13. The Morgan fingerprint density at radius 3 is 2.35 bits per heavy atom. The van der Waals surface area contributed by atoms with Crippen molar-refractivity contribution in [1.82, 2.24) is 4.90 Å². The average Bonchev–Trinajstić information content (AvgIpc) is 2.46. The van der Waals surface area contributed by atoms with E-state index in [4.69, 9.17) is 11.5 Å². The van der Waals surface area contributed by atoms with Crippen LogP contribution >= 0.6 is 0 Å². The minimum absolute atomic E-state index is 0.0250. The molecule has 108 valence electrons. The molecular weight excluding hydrogens is 254 g/mol. The molecule has 1 aliphatic rings. The van der Waals surface area contributed by atoms with Gasteiger partial charge in [-0.3, -0.25) is 9.59 Å². The summed E-state index contributed by atoms with van der Waals surface area (Å²) in [5.41, 5.74) is 12.2. The standard InChI is InChI=1S/C15H21N3O2/c1-10(16)13-4-2-3-9-18(13)15(20)12-7-5-11(6-8-12)14(17)19/h5-8,10,13H,2-4,9,16H2,1H3,(H2,17,19). The molecule has 4 N–H and O–H groups in total. The number of amides is 2. The summed E-state index contributed by atoms with van der Waals surface area (Å²) >= 11 is 0. The fourth-order valence-corrected chi connectivity index (χ4v) is 2.70. The molecule has 1 aromatic rings. The highest BCUT2D eigenvalue weighted by Crippen LogP contribution is 2.21. The fraction of sp³-hybridized carbons (Fsp3) is 0.467. The van der Waals surface area contributed by atoms with Gasteiger partial charge in [0.1, 0.15) is 0 Å². The Kier molecular flexibility index (Phi) is 4.39. The van der Waals surface area contributed by atoms with Crippen molar-refractivity contribution in [2.24, 2.45) is 11.5 Å².